The van der Waals surface area contributed by atoms with Crippen molar-refractivity contribution in [2.45, 2.75) is 6.92 Å². The largest absolute Gasteiger partial charge is 0.505 e. The Balaban J connectivity index is 1.73. The summed E-state index contributed by atoms with van der Waals surface area (Å²) in [7, 11) is 0. The summed E-state index contributed by atoms with van der Waals surface area (Å²) in [5.74, 6) is 0.343. The summed E-state index contributed by atoms with van der Waals surface area (Å²) in [4.78, 5) is 16.2. The topological polar surface area (TPSA) is 95.2 Å². The summed E-state index contributed by atoms with van der Waals surface area (Å²) in [6, 6.07) is 17.3. The Labute approximate surface area is 150 Å². The third-order valence-corrected chi connectivity index (χ3v) is 3.69. The second-order valence-electron chi connectivity index (χ2n) is 5.51. The first-order valence-corrected chi connectivity index (χ1v) is 7.81. The molecule has 2 N–H and O–H groups in total. The predicted octanol–water partition coefficient (Wildman–Crippen LogP) is 4.01. The Morgan fingerprint density at radius 2 is 1.88 bits per heavy atom. The minimum atomic E-state index is -0.505. The van der Waals surface area contributed by atoms with Gasteiger partial charge in [-0.05, 0) is 55.0 Å². The molecule has 0 radical (unpaired) electrons. The zero-order valence-corrected chi connectivity index (χ0v) is 13.9. The maximum absolute atomic E-state index is 12.2. The number of amides is 1. The first-order valence-electron chi connectivity index (χ1n) is 7.81. The molecule has 1 aromatic heterocycles. The van der Waals surface area contributed by atoms with Crippen LogP contribution in [0.4, 0.5) is 5.69 Å². The summed E-state index contributed by atoms with van der Waals surface area (Å²) >= 11 is 0. The van der Waals surface area contributed by atoms with Crippen molar-refractivity contribution in [1.29, 1.82) is 5.26 Å². The van der Waals surface area contributed by atoms with E-state index in [0.717, 1.165) is 0 Å². The molecule has 128 valence electrons. The number of benzene rings is 2. The van der Waals surface area contributed by atoms with Crippen LogP contribution in [0, 0.1) is 18.3 Å². The lowest BCUT2D eigenvalue weighted by atomic mass is 10.2. The molecule has 0 atom stereocenters. The van der Waals surface area contributed by atoms with E-state index in [1.54, 1.807) is 61.5 Å². The first kappa shape index (κ1) is 17.0. The average Bonchev–Trinajstić information content (AvgIpc) is 2.66. The van der Waals surface area contributed by atoms with Crippen LogP contribution in [0.2, 0.25) is 0 Å². The minimum Gasteiger partial charge on any atom is -0.505 e. The molecule has 1 amide bonds. The number of ether oxygens (including phenoxy) is 1. The molecule has 0 spiro atoms. The van der Waals surface area contributed by atoms with Crippen LogP contribution in [-0.4, -0.2) is 16.0 Å². The van der Waals surface area contributed by atoms with Crippen LogP contribution in [-0.2, 0) is 0 Å². The second-order valence-corrected chi connectivity index (χ2v) is 5.51. The van der Waals surface area contributed by atoms with Crippen LogP contribution in [0.5, 0.6) is 17.2 Å². The molecule has 0 bridgehead atoms. The van der Waals surface area contributed by atoms with Gasteiger partial charge >= 0.3 is 0 Å². The fraction of sp³-hybridized carbons (Fsp3) is 0.0500. The molecule has 0 fully saturated rings. The van der Waals surface area contributed by atoms with Crippen molar-refractivity contribution >= 4 is 11.6 Å². The smallest absolute Gasteiger partial charge is 0.278 e. The molecule has 1 heterocycles. The number of aromatic hydroxyl groups is 1. The SMILES string of the molecule is Cc1ccnc(C(=O)Nc2ccc(Oc3ccccc3C#N)cc2)c1O. The van der Waals surface area contributed by atoms with Gasteiger partial charge in [0.2, 0.25) is 0 Å². The molecule has 26 heavy (non-hydrogen) atoms. The van der Waals surface area contributed by atoms with E-state index in [2.05, 4.69) is 16.4 Å². The van der Waals surface area contributed by atoms with Crippen molar-refractivity contribution < 1.29 is 14.6 Å². The van der Waals surface area contributed by atoms with E-state index in [9.17, 15) is 9.90 Å². The highest BCUT2D eigenvalue weighted by Gasteiger charge is 2.14. The van der Waals surface area contributed by atoms with Gasteiger partial charge in [-0.2, -0.15) is 5.26 Å². The predicted molar refractivity (Wildman–Crippen MR) is 96.3 cm³/mol. The number of para-hydroxylation sites is 1. The monoisotopic (exact) mass is 345 g/mol. The fourth-order valence-corrected chi connectivity index (χ4v) is 2.29. The Morgan fingerprint density at radius 1 is 1.15 bits per heavy atom. The molecule has 0 aliphatic heterocycles. The highest BCUT2D eigenvalue weighted by molar-refractivity contribution is 6.04. The number of nitrogens with one attached hydrogen (secondary N) is 1. The Kier molecular flexibility index (Phi) is 4.81. The van der Waals surface area contributed by atoms with Crippen LogP contribution in [0.1, 0.15) is 21.6 Å². The van der Waals surface area contributed by atoms with Crippen LogP contribution in [0.3, 0.4) is 0 Å². The third kappa shape index (κ3) is 3.62. The molecular formula is C20H15N3O3. The van der Waals surface area contributed by atoms with Gasteiger partial charge in [0.15, 0.2) is 5.69 Å². The van der Waals surface area contributed by atoms with E-state index in [0.29, 0.717) is 28.3 Å². The lowest BCUT2D eigenvalue weighted by Crippen LogP contribution is -2.14. The van der Waals surface area contributed by atoms with Crippen molar-refractivity contribution in [1.82, 2.24) is 4.98 Å². The molecule has 0 unspecified atom stereocenters. The van der Waals surface area contributed by atoms with Gasteiger partial charge in [-0.15, -0.1) is 0 Å². The van der Waals surface area contributed by atoms with Gasteiger partial charge in [-0.25, -0.2) is 4.98 Å². The average molecular weight is 345 g/mol. The van der Waals surface area contributed by atoms with Crippen LogP contribution < -0.4 is 10.1 Å². The zero-order valence-electron chi connectivity index (χ0n) is 13.9. The number of carbonyl (C=O) groups excluding carboxylic acids is 1. The molecule has 2 aromatic carbocycles. The summed E-state index contributed by atoms with van der Waals surface area (Å²) < 4.78 is 5.69. The second kappa shape index (κ2) is 7.36. The molecule has 0 aliphatic carbocycles. The van der Waals surface area contributed by atoms with Crippen LogP contribution in [0.15, 0.2) is 60.8 Å². The van der Waals surface area contributed by atoms with Gasteiger partial charge in [-0.3, -0.25) is 4.79 Å². The Bertz CT molecular complexity index is 992. The standard InChI is InChI=1S/C20H15N3O3/c1-13-10-11-22-18(19(13)24)20(25)23-15-6-8-16(9-7-15)26-17-5-3-2-4-14(17)12-21/h2-11,24H,1H3,(H,23,25). The highest BCUT2D eigenvalue weighted by atomic mass is 16.5. The number of aryl methyl sites for hydroxylation is 1. The van der Waals surface area contributed by atoms with Gasteiger partial charge in [-0.1, -0.05) is 12.1 Å². The zero-order chi connectivity index (χ0) is 18.5. The van der Waals surface area contributed by atoms with Crippen LogP contribution >= 0.6 is 0 Å². The molecule has 0 saturated heterocycles. The molecule has 6 heteroatoms. The van der Waals surface area contributed by atoms with E-state index in [4.69, 9.17) is 10.00 Å². The number of anilines is 1. The quantitative estimate of drug-likeness (QED) is 0.745. The molecule has 3 aromatic rings. The van der Waals surface area contributed by atoms with Crippen molar-refractivity contribution in [2.75, 3.05) is 5.32 Å². The van der Waals surface area contributed by atoms with E-state index < -0.39 is 5.91 Å². The number of rotatable bonds is 4. The molecule has 3 rings (SSSR count). The number of aromatic nitrogens is 1. The number of pyridine rings is 1. The maximum atomic E-state index is 12.2. The Morgan fingerprint density at radius 3 is 2.62 bits per heavy atom. The minimum absolute atomic E-state index is 0.0340. The number of nitriles is 1. The van der Waals surface area contributed by atoms with Gasteiger partial charge in [0.05, 0.1) is 5.56 Å². The number of nitrogens with zero attached hydrogens (tertiary/aromatic N) is 2. The summed E-state index contributed by atoms with van der Waals surface area (Å²) in [5.41, 5.74) is 1.50. The van der Waals surface area contributed by atoms with Crippen molar-refractivity contribution in [3.63, 3.8) is 0 Å². The van der Waals surface area contributed by atoms with E-state index >= 15 is 0 Å². The van der Waals surface area contributed by atoms with E-state index in [-0.39, 0.29) is 11.4 Å². The lowest BCUT2D eigenvalue weighted by molar-refractivity contribution is 0.101. The van der Waals surface area contributed by atoms with Gasteiger partial charge in [0.1, 0.15) is 23.3 Å². The van der Waals surface area contributed by atoms with E-state index in [1.165, 1.54) is 6.20 Å². The summed E-state index contributed by atoms with van der Waals surface area (Å²) in [5, 5.41) is 21.7. The fourth-order valence-electron chi connectivity index (χ4n) is 2.29. The van der Waals surface area contributed by atoms with Crippen molar-refractivity contribution in [3.8, 4) is 23.3 Å². The number of hydrogen-bond donors (Lipinski definition) is 2. The normalized spacial score (nSPS) is 10.0. The lowest BCUT2D eigenvalue weighted by Gasteiger charge is -2.10. The number of hydrogen-bond acceptors (Lipinski definition) is 5. The summed E-state index contributed by atoms with van der Waals surface area (Å²) in [6.45, 7) is 1.69. The van der Waals surface area contributed by atoms with Crippen LogP contribution in [0.25, 0.3) is 0 Å². The first-order chi connectivity index (χ1) is 12.6. The van der Waals surface area contributed by atoms with Crippen molar-refractivity contribution in [3.05, 3.63) is 77.6 Å². The van der Waals surface area contributed by atoms with Gasteiger partial charge in [0.25, 0.3) is 5.91 Å². The van der Waals surface area contributed by atoms with Crippen molar-refractivity contribution in [2.24, 2.45) is 0 Å². The highest BCUT2D eigenvalue weighted by Crippen LogP contribution is 2.26. The molecule has 0 aliphatic rings. The van der Waals surface area contributed by atoms with E-state index in [1.807, 2.05) is 0 Å². The molecular weight excluding hydrogens is 330 g/mol. The van der Waals surface area contributed by atoms with Gasteiger partial charge < -0.3 is 15.2 Å². The maximum Gasteiger partial charge on any atom is 0.278 e. The molecule has 6 nitrogen and oxygen atoms in total. The third-order valence-electron chi connectivity index (χ3n) is 3.69. The van der Waals surface area contributed by atoms with Gasteiger partial charge in [0, 0.05) is 11.9 Å². The summed E-state index contributed by atoms with van der Waals surface area (Å²) in [6.07, 6.45) is 1.47. The molecule has 0 saturated carbocycles. The Hall–Kier alpha value is -3.85. The number of carbonyl (C=O) groups is 1.